The maximum absolute atomic E-state index is 13.8. The number of nitrogens with one attached hydrogen (secondary N) is 1. The second-order valence-electron chi connectivity index (χ2n) is 6.27. The first-order valence-electron chi connectivity index (χ1n) is 8.33. The summed E-state index contributed by atoms with van der Waals surface area (Å²) in [5.41, 5.74) is 2.01. The average molecular weight is 372 g/mol. The van der Waals surface area contributed by atoms with Crippen molar-refractivity contribution in [1.82, 2.24) is 9.62 Å². The summed E-state index contributed by atoms with van der Waals surface area (Å²) in [5, 5.41) is 0. The van der Waals surface area contributed by atoms with Gasteiger partial charge in [-0.3, -0.25) is 4.79 Å². The first-order chi connectivity index (χ1) is 11.7. The van der Waals surface area contributed by atoms with Crippen LogP contribution in [0.4, 0.5) is 4.39 Å². The average Bonchev–Trinajstić information content (AvgIpc) is 2.95. The van der Waals surface area contributed by atoms with Gasteiger partial charge in [0, 0.05) is 19.0 Å². The van der Waals surface area contributed by atoms with Crippen LogP contribution in [0.1, 0.15) is 24.5 Å². The van der Waals surface area contributed by atoms with Crippen molar-refractivity contribution in [2.45, 2.75) is 39.4 Å². The van der Waals surface area contributed by atoms with Crippen molar-refractivity contribution in [3.05, 3.63) is 29.3 Å². The smallest absolute Gasteiger partial charge is 0.260 e. The number of alkyl halides is 1. The van der Waals surface area contributed by atoms with Crippen LogP contribution in [-0.2, 0) is 14.8 Å². The molecule has 1 aromatic rings. The van der Waals surface area contributed by atoms with Gasteiger partial charge < -0.3 is 9.64 Å². The van der Waals surface area contributed by atoms with E-state index in [9.17, 15) is 17.6 Å². The van der Waals surface area contributed by atoms with E-state index in [4.69, 9.17) is 4.74 Å². The van der Waals surface area contributed by atoms with Gasteiger partial charge in [0.05, 0.1) is 12.3 Å². The number of likely N-dealkylation sites (tertiary alicyclic amines) is 1. The topological polar surface area (TPSA) is 75.7 Å². The molecule has 1 aromatic carbocycles. The predicted octanol–water partition coefficient (Wildman–Crippen LogP) is 1.56. The molecule has 1 N–H and O–H groups in total. The van der Waals surface area contributed by atoms with Crippen molar-refractivity contribution in [2.75, 3.05) is 25.4 Å². The minimum atomic E-state index is -3.38. The Morgan fingerprint density at radius 1 is 1.40 bits per heavy atom. The minimum absolute atomic E-state index is 0.0196. The standard InChI is InChI=1S/C17H25FN2O4S/c1-4-25(22,23)19-9-15-8-14(18)10-20(15)17(21)11-24-16-7-5-6-12(2)13(16)3/h5-7,14-15,19H,4,8-11H2,1-3H3/t14-,15-/m0/s1. The lowest BCUT2D eigenvalue weighted by atomic mass is 10.1. The van der Waals surface area contributed by atoms with E-state index in [1.807, 2.05) is 26.0 Å². The van der Waals surface area contributed by atoms with Gasteiger partial charge in [-0.15, -0.1) is 0 Å². The van der Waals surface area contributed by atoms with Crippen molar-refractivity contribution in [1.29, 1.82) is 0 Å². The molecule has 1 saturated heterocycles. The lowest BCUT2D eigenvalue weighted by Gasteiger charge is -2.24. The van der Waals surface area contributed by atoms with Gasteiger partial charge in [0.25, 0.3) is 5.91 Å². The second kappa shape index (κ2) is 8.14. The van der Waals surface area contributed by atoms with Gasteiger partial charge in [-0.05, 0) is 38.0 Å². The van der Waals surface area contributed by atoms with E-state index in [2.05, 4.69) is 4.72 Å². The number of carbonyl (C=O) groups excluding carboxylic acids is 1. The van der Waals surface area contributed by atoms with Gasteiger partial charge in [0.15, 0.2) is 6.61 Å². The van der Waals surface area contributed by atoms with Crippen LogP contribution >= 0.6 is 0 Å². The van der Waals surface area contributed by atoms with Crippen LogP contribution in [0.5, 0.6) is 5.75 Å². The first-order valence-corrected chi connectivity index (χ1v) is 9.98. The fourth-order valence-corrected chi connectivity index (χ4v) is 3.44. The molecule has 2 atom stereocenters. The van der Waals surface area contributed by atoms with Crippen molar-refractivity contribution in [3.8, 4) is 5.75 Å². The first kappa shape index (κ1) is 19.7. The van der Waals surface area contributed by atoms with E-state index in [0.29, 0.717) is 5.75 Å². The molecule has 6 nitrogen and oxygen atoms in total. The zero-order valence-electron chi connectivity index (χ0n) is 14.8. The second-order valence-corrected chi connectivity index (χ2v) is 8.37. The molecule has 8 heteroatoms. The Morgan fingerprint density at radius 3 is 2.80 bits per heavy atom. The zero-order valence-corrected chi connectivity index (χ0v) is 15.6. The van der Waals surface area contributed by atoms with Gasteiger partial charge >= 0.3 is 0 Å². The number of halogens is 1. The van der Waals surface area contributed by atoms with Crippen molar-refractivity contribution in [3.63, 3.8) is 0 Å². The monoisotopic (exact) mass is 372 g/mol. The van der Waals surface area contributed by atoms with Crippen molar-refractivity contribution >= 4 is 15.9 Å². The molecule has 1 fully saturated rings. The SMILES string of the molecule is CCS(=O)(=O)NC[C@@H]1C[C@H](F)CN1C(=O)COc1cccc(C)c1C. The molecule has 0 bridgehead atoms. The summed E-state index contributed by atoms with van der Waals surface area (Å²) in [6.45, 7) is 5.17. The summed E-state index contributed by atoms with van der Waals surface area (Å²) in [6, 6.07) is 5.09. The molecule has 0 radical (unpaired) electrons. The van der Waals surface area contributed by atoms with Crippen LogP contribution in [0.15, 0.2) is 18.2 Å². The molecule has 25 heavy (non-hydrogen) atoms. The quantitative estimate of drug-likeness (QED) is 0.788. The highest BCUT2D eigenvalue weighted by molar-refractivity contribution is 7.89. The normalized spacial score (nSPS) is 20.7. The molecule has 1 aliphatic heterocycles. The van der Waals surface area contributed by atoms with E-state index >= 15 is 0 Å². The molecular formula is C17H25FN2O4S. The number of rotatable bonds is 7. The summed E-state index contributed by atoms with van der Waals surface area (Å²) < 4.78 is 44.9. The predicted molar refractivity (Wildman–Crippen MR) is 93.9 cm³/mol. The highest BCUT2D eigenvalue weighted by Crippen LogP contribution is 2.23. The van der Waals surface area contributed by atoms with Crippen LogP contribution in [0.2, 0.25) is 0 Å². The summed E-state index contributed by atoms with van der Waals surface area (Å²) >= 11 is 0. The fourth-order valence-electron chi connectivity index (χ4n) is 2.79. The Morgan fingerprint density at radius 2 is 2.12 bits per heavy atom. The molecule has 1 heterocycles. The van der Waals surface area contributed by atoms with Crippen molar-refractivity contribution < 1.29 is 22.3 Å². The highest BCUT2D eigenvalue weighted by Gasteiger charge is 2.35. The summed E-state index contributed by atoms with van der Waals surface area (Å²) in [7, 11) is -3.38. The van der Waals surface area contributed by atoms with Crippen LogP contribution in [-0.4, -0.2) is 56.9 Å². The van der Waals surface area contributed by atoms with E-state index in [0.717, 1.165) is 11.1 Å². The number of aryl methyl sites for hydroxylation is 1. The van der Waals surface area contributed by atoms with Gasteiger partial charge in [-0.1, -0.05) is 12.1 Å². The van der Waals surface area contributed by atoms with E-state index in [1.165, 1.54) is 11.8 Å². The maximum atomic E-state index is 13.8. The van der Waals surface area contributed by atoms with Crippen LogP contribution in [0.25, 0.3) is 0 Å². The minimum Gasteiger partial charge on any atom is -0.483 e. The van der Waals surface area contributed by atoms with Crippen LogP contribution < -0.4 is 9.46 Å². The number of sulfonamides is 1. The summed E-state index contributed by atoms with van der Waals surface area (Å²) in [5.74, 6) is 0.219. The molecule has 0 aliphatic carbocycles. The largest absolute Gasteiger partial charge is 0.483 e. The number of nitrogens with zero attached hydrogens (tertiary/aromatic N) is 1. The Bertz CT molecular complexity index is 723. The van der Waals surface area contributed by atoms with E-state index < -0.39 is 22.2 Å². The maximum Gasteiger partial charge on any atom is 0.260 e. The van der Waals surface area contributed by atoms with Crippen LogP contribution in [0.3, 0.4) is 0 Å². The number of carbonyl (C=O) groups is 1. The molecule has 140 valence electrons. The molecule has 0 aromatic heterocycles. The molecular weight excluding hydrogens is 347 g/mol. The highest BCUT2D eigenvalue weighted by atomic mass is 32.2. The van der Waals surface area contributed by atoms with Crippen LogP contribution in [0, 0.1) is 13.8 Å². The number of ether oxygens (including phenoxy) is 1. The molecule has 0 spiro atoms. The Labute approximate surface area is 148 Å². The lowest BCUT2D eigenvalue weighted by molar-refractivity contribution is -0.134. The Balaban J connectivity index is 1.97. The number of hydrogen-bond acceptors (Lipinski definition) is 4. The van der Waals surface area contributed by atoms with Crippen molar-refractivity contribution in [2.24, 2.45) is 0 Å². The van der Waals surface area contributed by atoms with Gasteiger partial charge in [-0.2, -0.15) is 0 Å². The summed E-state index contributed by atoms with van der Waals surface area (Å²) in [6.07, 6.45) is -1.03. The third kappa shape index (κ3) is 5.15. The lowest BCUT2D eigenvalue weighted by Crippen LogP contribution is -2.45. The molecule has 2 rings (SSSR count). The molecule has 0 saturated carbocycles. The van der Waals surface area contributed by atoms with Gasteiger partial charge in [0.2, 0.25) is 10.0 Å². The van der Waals surface area contributed by atoms with Gasteiger partial charge in [0.1, 0.15) is 11.9 Å². The third-order valence-corrected chi connectivity index (χ3v) is 5.88. The Kier molecular flexibility index (Phi) is 6.40. The van der Waals surface area contributed by atoms with Gasteiger partial charge in [-0.25, -0.2) is 17.5 Å². The number of hydrogen-bond donors (Lipinski definition) is 1. The molecule has 1 amide bonds. The Hall–Kier alpha value is -1.67. The third-order valence-electron chi connectivity index (χ3n) is 4.51. The van der Waals surface area contributed by atoms with E-state index in [1.54, 1.807) is 6.07 Å². The molecule has 0 unspecified atom stereocenters. The number of amides is 1. The zero-order chi connectivity index (χ0) is 18.6. The fraction of sp³-hybridized carbons (Fsp3) is 0.588. The summed E-state index contributed by atoms with van der Waals surface area (Å²) in [4.78, 5) is 13.8. The van der Waals surface area contributed by atoms with E-state index in [-0.39, 0.29) is 37.8 Å². The molecule has 1 aliphatic rings. The number of benzene rings is 1.